The lowest BCUT2D eigenvalue weighted by Crippen LogP contribution is -2.53. The summed E-state index contributed by atoms with van der Waals surface area (Å²) in [5.41, 5.74) is 1.60. The van der Waals surface area contributed by atoms with Gasteiger partial charge in [0.2, 0.25) is 0 Å². The van der Waals surface area contributed by atoms with Crippen LogP contribution < -0.4 is 10.6 Å². The number of carbonyl (C=O) groups excluding carboxylic acids is 1. The lowest BCUT2D eigenvalue weighted by Gasteiger charge is -2.36. The number of hydrogen-bond donors (Lipinski definition) is 2. The predicted molar refractivity (Wildman–Crippen MR) is 111 cm³/mol. The predicted octanol–water partition coefficient (Wildman–Crippen LogP) is 1.56. The molecule has 0 spiro atoms. The average molecular weight is 449 g/mol. The van der Waals surface area contributed by atoms with Gasteiger partial charge < -0.3 is 20.1 Å². The second kappa shape index (κ2) is 10.2. The highest BCUT2D eigenvalue weighted by Crippen LogP contribution is 2.10. The fraction of sp³-hybridized carbons (Fsp3) is 0.421. The van der Waals surface area contributed by atoms with Crippen LogP contribution in [0.5, 0.6) is 0 Å². The van der Waals surface area contributed by atoms with E-state index in [4.69, 9.17) is 4.52 Å². The van der Waals surface area contributed by atoms with Gasteiger partial charge in [-0.15, -0.1) is 0 Å². The Labute approximate surface area is 173 Å². The maximum atomic E-state index is 12.1. The Hall–Kier alpha value is -2.39. The number of rotatable bonds is 6. The van der Waals surface area contributed by atoms with Gasteiger partial charge in [0.15, 0.2) is 5.96 Å². The number of piperazine rings is 1. The number of benzene rings is 1. The van der Waals surface area contributed by atoms with Gasteiger partial charge in [-0.25, -0.2) is 0 Å². The number of nitrogens with zero attached hydrogens (tertiary/aromatic N) is 4. The molecular formula is C19H25BrN6O2. The Morgan fingerprint density at radius 1 is 1.14 bits per heavy atom. The van der Waals surface area contributed by atoms with E-state index in [1.54, 1.807) is 25.4 Å². The molecule has 1 saturated heterocycles. The van der Waals surface area contributed by atoms with Crippen molar-refractivity contribution in [3.05, 3.63) is 52.3 Å². The molecule has 0 atom stereocenters. The molecule has 0 radical (unpaired) electrons. The fourth-order valence-corrected chi connectivity index (χ4v) is 3.32. The molecular weight excluding hydrogens is 424 g/mol. The zero-order chi connectivity index (χ0) is 19.8. The lowest BCUT2D eigenvalue weighted by atomic mass is 10.2. The number of nitrogens with one attached hydrogen (secondary N) is 2. The van der Waals surface area contributed by atoms with Crippen LogP contribution in [0.4, 0.5) is 0 Å². The average Bonchev–Trinajstić information content (AvgIpc) is 3.22. The van der Waals surface area contributed by atoms with Gasteiger partial charge in [-0.2, -0.15) is 0 Å². The Kier molecular flexibility index (Phi) is 7.44. The molecule has 28 heavy (non-hydrogen) atoms. The van der Waals surface area contributed by atoms with Gasteiger partial charge in [0, 0.05) is 69.0 Å². The molecule has 1 aliphatic rings. The highest BCUT2D eigenvalue weighted by atomic mass is 79.9. The van der Waals surface area contributed by atoms with E-state index in [1.165, 1.54) is 0 Å². The fourth-order valence-electron chi connectivity index (χ4n) is 3.05. The summed E-state index contributed by atoms with van der Waals surface area (Å²) in [4.78, 5) is 21.1. The Balaban J connectivity index is 1.36. The first-order valence-electron chi connectivity index (χ1n) is 9.26. The van der Waals surface area contributed by atoms with Gasteiger partial charge in [-0.05, 0) is 24.3 Å². The Bertz CT molecular complexity index is 770. The molecule has 0 bridgehead atoms. The topological polar surface area (TPSA) is 86.0 Å². The summed E-state index contributed by atoms with van der Waals surface area (Å²) < 4.78 is 5.84. The molecule has 1 aliphatic heterocycles. The van der Waals surface area contributed by atoms with E-state index in [0.29, 0.717) is 18.7 Å². The smallest absolute Gasteiger partial charge is 0.251 e. The van der Waals surface area contributed by atoms with Crippen LogP contribution in [-0.2, 0) is 6.54 Å². The zero-order valence-electron chi connectivity index (χ0n) is 15.9. The molecule has 1 amide bonds. The molecule has 2 heterocycles. The first kappa shape index (κ1) is 20.3. The Morgan fingerprint density at radius 2 is 1.86 bits per heavy atom. The van der Waals surface area contributed by atoms with Crippen LogP contribution in [0.15, 0.2) is 50.6 Å². The van der Waals surface area contributed by atoms with Gasteiger partial charge in [-0.1, -0.05) is 21.1 Å². The van der Waals surface area contributed by atoms with E-state index in [-0.39, 0.29) is 5.91 Å². The second-order valence-corrected chi connectivity index (χ2v) is 7.41. The summed E-state index contributed by atoms with van der Waals surface area (Å²) in [6.07, 6.45) is 1.60. The third-order valence-corrected chi connectivity index (χ3v) is 5.09. The number of halogens is 1. The summed E-state index contributed by atoms with van der Waals surface area (Å²) in [6, 6.07) is 9.21. The molecule has 0 saturated carbocycles. The van der Waals surface area contributed by atoms with Crippen molar-refractivity contribution in [3.8, 4) is 0 Å². The molecule has 150 valence electrons. The highest BCUT2D eigenvalue weighted by Gasteiger charge is 2.20. The third-order valence-electron chi connectivity index (χ3n) is 4.56. The van der Waals surface area contributed by atoms with Crippen molar-refractivity contribution in [3.63, 3.8) is 0 Å². The number of amides is 1. The standard InChI is InChI=1S/C19H25BrN6O2/c1-21-19(23-8-7-22-18(27)15-2-4-16(20)5-3-15)26-11-9-25(10-12-26)14-17-6-13-28-24-17/h2-6,13H,7-12,14H2,1H3,(H,21,23)(H,22,27). The molecule has 2 N–H and O–H groups in total. The Morgan fingerprint density at radius 3 is 2.50 bits per heavy atom. The number of aromatic nitrogens is 1. The molecule has 2 aromatic rings. The van der Waals surface area contributed by atoms with Gasteiger partial charge in [-0.3, -0.25) is 14.7 Å². The molecule has 0 aliphatic carbocycles. The van der Waals surface area contributed by atoms with Crippen molar-refractivity contribution >= 4 is 27.8 Å². The van der Waals surface area contributed by atoms with Crippen LogP contribution >= 0.6 is 15.9 Å². The number of hydrogen-bond acceptors (Lipinski definition) is 5. The minimum Gasteiger partial charge on any atom is -0.364 e. The number of aliphatic imine (C=N–C) groups is 1. The van der Waals surface area contributed by atoms with E-state index in [0.717, 1.165) is 48.8 Å². The quantitative estimate of drug-likeness (QED) is 0.396. The van der Waals surface area contributed by atoms with Crippen molar-refractivity contribution < 1.29 is 9.32 Å². The highest BCUT2D eigenvalue weighted by molar-refractivity contribution is 9.10. The summed E-state index contributed by atoms with van der Waals surface area (Å²) in [7, 11) is 1.78. The number of carbonyl (C=O) groups is 1. The molecule has 1 aromatic carbocycles. The summed E-state index contributed by atoms with van der Waals surface area (Å²) in [6.45, 7) is 5.61. The van der Waals surface area contributed by atoms with Gasteiger partial charge in [0.05, 0.1) is 5.69 Å². The maximum Gasteiger partial charge on any atom is 0.251 e. The largest absolute Gasteiger partial charge is 0.364 e. The zero-order valence-corrected chi connectivity index (χ0v) is 17.5. The summed E-state index contributed by atoms with van der Waals surface area (Å²) in [5, 5.41) is 10.2. The van der Waals surface area contributed by atoms with E-state index >= 15 is 0 Å². The van der Waals surface area contributed by atoms with E-state index < -0.39 is 0 Å². The van der Waals surface area contributed by atoms with Gasteiger partial charge >= 0.3 is 0 Å². The van der Waals surface area contributed by atoms with E-state index in [9.17, 15) is 4.79 Å². The summed E-state index contributed by atoms with van der Waals surface area (Å²) in [5.74, 6) is 0.782. The maximum absolute atomic E-state index is 12.1. The van der Waals surface area contributed by atoms with Crippen LogP contribution in [-0.4, -0.2) is 73.1 Å². The van der Waals surface area contributed by atoms with E-state index in [1.807, 2.05) is 18.2 Å². The van der Waals surface area contributed by atoms with Crippen molar-refractivity contribution in [1.82, 2.24) is 25.6 Å². The van der Waals surface area contributed by atoms with Crippen LogP contribution in [0.3, 0.4) is 0 Å². The van der Waals surface area contributed by atoms with Gasteiger partial charge in [0.1, 0.15) is 6.26 Å². The molecule has 1 aromatic heterocycles. The normalized spacial score (nSPS) is 15.5. The molecule has 8 nitrogen and oxygen atoms in total. The second-order valence-electron chi connectivity index (χ2n) is 6.49. The van der Waals surface area contributed by atoms with Crippen LogP contribution in [0, 0.1) is 0 Å². The lowest BCUT2D eigenvalue weighted by molar-refractivity contribution is 0.0954. The van der Waals surface area contributed by atoms with Gasteiger partial charge in [0.25, 0.3) is 5.91 Å². The molecule has 1 fully saturated rings. The third kappa shape index (κ3) is 5.80. The SMILES string of the molecule is CN=C(NCCNC(=O)c1ccc(Br)cc1)N1CCN(Cc2ccon2)CC1. The first-order valence-corrected chi connectivity index (χ1v) is 10.1. The van der Waals surface area contributed by atoms with Crippen LogP contribution in [0.1, 0.15) is 16.1 Å². The van der Waals surface area contributed by atoms with Crippen LogP contribution in [0.25, 0.3) is 0 Å². The minimum atomic E-state index is -0.0780. The molecule has 3 rings (SSSR count). The van der Waals surface area contributed by atoms with Crippen molar-refractivity contribution in [2.24, 2.45) is 4.99 Å². The van der Waals surface area contributed by atoms with Crippen molar-refractivity contribution in [1.29, 1.82) is 0 Å². The van der Waals surface area contributed by atoms with Crippen molar-refractivity contribution in [2.75, 3.05) is 46.3 Å². The molecule has 0 unspecified atom stereocenters. The minimum absolute atomic E-state index is 0.0780. The van der Waals surface area contributed by atoms with Crippen LogP contribution in [0.2, 0.25) is 0 Å². The van der Waals surface area contributed by atoms with Crippen molar-refractivity contribution in [2.45, 2.75) is 6.54 Å². The van der Waals surface area contributed by atoms with E-state index in [2.05, 4.69) is 46.5 Å². The summed E-state index contributed by atoms with van der Waals surface area (Å²) >= 11 is 3.37. The number of guanidine groups is 1. The first-order chi connectivity index (χ1) is 13.7. The molecule has 9 heteroatoms. The monoisotopic (exact) mass is 448 g/mol.